The van der Waals surface area contributed by atoms with Crippen molar-refractivity contribution in [3.05, 3.63) is 62.8 Å². The molecule has 0 aromatic heterocycles. The number of sulfone groups is 1. The molecule has 0 saturated heterocycles. The third kappa shape index (κ3) is 5.60. The monoisotopic (exact) mass is 510 g/mol. The quantitative estimate of drug-likeness (QED) is 0.399. The molecule has 152 valence electrons. The molecule has 28 heavy (non-hydrogen) atoms. The fraction of sp³-hybridized carbons (Fsp3) is 0.235. The minimum absolute atomic E-state index is 0.0313. The van der Waals surface area contributed by atoms with Crippen molar-refractivity contribution in [2.75, 3.05) is 22.4 Å². The normalized spacial score (nSPS) is 12.6. The van der Waals surface area contributed by atoms with Gasteiger partial charge in [0.05, 0.1) is 16.5 Å². The van der Waals surface area contributed by atoms with Gasteiger partial charge in [0, 0.05) is 39.2 Å². The molecular weight excluding hydrogens is 497 g/mol. The molecule has 1 atom stereocenters. The van der Waals surface area contributed by atoms with Crippen LogP contribution in [0.2, 0.25) is 5.02 Å². The standard InChI is InChI=1S/C17H16BrClFNO5S2/c1-2-28(25,26)8-7-21(27(23)24)16-10-14(18)13(9-15(16)19)17(22)11-3-5-12(20)6-4-11/h3-6,9-10H,2,7-8H2,1H3,(H,23,24)/p-1. The Morgan fingerprint density at radius 2 is 1.89 bits per heavy atom. The van der Waals surface area contributed by atoms with E-state index in [2.05, 4.69) is 15.9 Å². The first-order valence-electron chi connectivity index (χ1n) is 7.92. The minimum Gasteiger partial charge on any atom is -0.755 e. The molecule has 0 radical (unpaired) electrons. The van der Waals surface area contributed by atoms with E-state index in [1.54, 1.807) is 0 Å². The summed E-state index contributed by atoms with van der Waals surface area (Å²) < 4.78 is 60.7. The summed E-state index contributed by atoms with van der Waals surface area (Å²) in [5.74, 6) is -1.42. The van der Waals surface area contributed by atoms with Crippen molar-refractivity contribution in [2.24, 2.45) is 0 Å². The smallest absolute Gasteiger partial charge is 0.194 e. The predicted molar refractivity (Wildman–Crippen MR) is 110 cm³/mol. The van der Waals surface area contributed by atoms with Crippen LogP contribution in [-0.2, 0) is 21.1 Å². The highest BCUT2D eigenvalue weighted by Crippen LogP contribution is 2.34. The molecule has 11 heteroatoms. The molecule has 0 fully saturated rings. The van der Waals surface area contributed by atoms with Crippen LogP contribution in [0.3, 0.4) is 0 Å². The molecule has 2 aromatic rings. The Balaban J connectivity index is 2.39. The number of nitrogens with zero attached hydrogens (tertiary/aromatic N) is 1. The van der Waals surface area contributed by atoms with Crippen molar-refractivity contribution < 1.29 is 26.4 Å². The fourth-order valence-electron chi connectivity index (χ4n) is 2.30. The summed E-state index contributed by atoms with van der Waals surface area (Å²) in [4.78, 5) is 12.6. The molecule has 0 heterocycles. The Morgan fingerprint density at radius 1 is 1.29 bits per heavy atom. The second kappa shape index (κ2) is 9.45. The average Bonchev–Trinajstić information content (AvgIpc) is 2.64. The maximum absolute atomic E-state index is 13.0. The van der Waals surface area contributed by atoms with Gasteiger partial charge >= 0.3 is 0 Å². The van der Waals surface area contributed by atoms with Crippen LogP contribution in [-0.4, -0.2) is 41.0 Å². The number of anilines is 1. The number of carbonyl (C=O) groups is 1. The molecule has 0 aliphatic carbocycles. The average molecular weight is 512 g/mol. The molecule has 6 nitrogen and oxygen atoms in total. The number of halogens is 3. The lowest BCUT2D eigenvalue weighted by Crippen LogP contribution is -2.31. The van der Waals surface area contributed by atoms with Gasteiger partial charge in [-0.3, -0.25) is 9.00 Å². The second-order valence-electron chi connectivity index (χ2n) is 5.68. The van der Waals surface area contributed by atoms with Crippen LogP contribution in [0.1, 0.15) is 22.8 Å². The Hall–Kier alpha value is -1.33. The SMILES string of the molecule is CCS(=O)(=O)CCN(c1cc(Br)c(C(=O)c2ccc(F)cc2)cc1Cl)S(=O)[O-]. The van der Waals surface area contributed by atoms with Crippen molar-refractivity contribution in [3.63, 3.8) is 0 Å². The van der Waals surface area contributed by atoms with Gasteiger partial charge < -0.3 is 8.86 Å². The molecular formula is C17H15BrClFNO5S2-. The summed E-state index contributed by atoms with van der Waals surface area (Å²) in [5, 5.41) is -0.0493. The zero-order chi connectivity index (χ0) is 21.1. The lowest BCUT2D eigenvalue weighted by Gasteiger charge is -2.27. The van der Waals surface area contributed by atoms with Gasteiger partial charge in [0.2, 0.25) is 0 Å². The van der Waals surface area contributed by atoms with Crippen LogP contribution in [0.15, 0.2) is 40.9 Å². The van der Waals surface area contributed by atoms with E-state index in [9.17, 15) is 26.4 Å². The third-order valence-electron chi connectivity index (χ3n) is 3.88. The third-order valence-corrected chi connectivity index (χ3v) is 7.26. The number of hydrogen-bond donors (Lipinski definition) is 0. The van der Waals surface area contributed by atoms with Gasteiger partial charge in [-0.25, -0.2) is 12.8 Å². The number of benzene rings is 2. The van der Waals surface area contributed by atoms with Crippen LogP contribution in [0.5, 0.6) is 0 Å². The zero-order valence-electron chi connectivity index (χ0n) is 14.5. The van der Waals surface area contributed by atoms with Crippen LogP contribution in [0.25, 0.3) is 0 Å². The van der Waals surface area contributed by atoms with E-state index < -0.39 is 32.7 Å². The molecule has 0 bridgehead atoms. The van der Waals surface area contributed by atoms with Crippen molar-refractivity contribution in [1.82, 2.24) is 0 Å². The largest absolute Gasteiger partial charge is 0.755 e. The Kier molecular flexibility index (Phi) is 7.74. The molecule has 0 aliphatic rings. The molecule has 2 aromatic carbocycles. The summed E-state index contributed by atoms with van der Waals surface area (Å²) >= 11 is 6.62. The van der Waals surface area contributed by atoms with Crippen molar-refractivity contribution in [3.8, 4) is 0 Å². The number of hydrogen-bond acceptors (Lipinski definition) is 5. The number of rotatable bonds is 8. The van der Waals surface area contributed by atoms with Gasteiger partial charge in [-0.05, 0) is 52.3 Å². The Labute approximate surface area is 178 Å². The maximum Gasteiger partial charge on any atom is 0.194 e. The van der Waals surface area contributed by atoms with Crippen LogP contribution in [0, 0.1) is 5.82 Å². The minimum atomic E-state index is -3.39. The summed E-state index contributed by atoms with van der Waals surface area (Å²) in [5.41, 5.74) is 0.409. The molecule has 0 spiro atoms. The van der Waals surface area contributed by atoms with E-state index in [0.29, 0.717) is 0 Å². The predicted octanol–water partition coefficient (Wildman–Crippen LogP) is 3.51. The van der Waals surface area contributed by atoms with Crippen molar-refractivity contribution >= 4 is 60.1 Å². The van der Waals surface area contributed by atoms with E-state index in [1.165, 1.54) is 31.2 Å². The van der Waals surface area contributed by atoms with Gasteiger partial charge in [-0.1, -0.05) is 18.5 Å². The Bertz CT molecular complexity index is 1010. The number of carbonyl (C=O) groups excluding carboxylic acids is 1. The number of ketones is 1. The van der Waals surface area contributed by atoms with Gasteiger partial charge in [0.25, 0.3) is 0 Å². The summed E-state index contributed by atoms with van der Waals surface area (Å²) in [6, 6.07) is 7.54. The highest BCUT2D eigenvalue weighted by atomic mass is 79.9. The van der Waals surface area contributed by atoms with Crippen LogP contribution >= 0.6 is 27.5 Å². The second-order valence-corrected chi connectivity index (χ2v) is 10.3. The summed E-state index contributed by atoms with van der Waals surface area (Å²) in [6.07, 6.45) is 0. The van der Waals surface area contributed by atoms with E-state index in [-0.39, 0.29) is 44.4 Å². The van der Waals surface area contributed by atoms with Crippen molar-refractivity contribution in [2.45, 2.75) is 6.92 Å². The van der Waals surface area contributed by atoms with Gasteiger partial charge in [0.1, 0.15) is 5.82 Å². The lowest BCUT2D eigenvalue weighted by molar-refractivity contribution is 0.103. The van der Waals surface area contributed by atoms with E-state index in [4.69, 9.17) is 11.6 Å². The molecule has 0 amide bonds. The first-order chi connectivity index (χ1) is 13.1. The van der Waals surface area contributed by atoms with Gasteiger partial charge in [-0.2, -0.15) is 0 Å². The van der Waals surface area contributed by atoms with Crippen molar-refractivity contribution in [1.29, 1.82) is 0 Å². The maximum atomic E-state index is 13.0. The molecule has 0 aliphatic heterocycles. The first-order valence-corrected chi connectivity index (χ1v) is 11.9. The molecule has 0 saturated carbocycles. The summed E-state index contributed by atoms with van der Waals surface area (Å²) in [7, 11) is -3.39. The molecule has 0 N–H and O–H groups in total. The lowest BCUT2D eigenvalue weighted by atomic mass is 10.0. The van der Waals surface area contributed by atoms with Crippen LogP contribution in [0.4, 0.5) is 10.1 Å². The van der Waals surface area contributed by atoms with E-state index in [1.807, 2.05) is 0 Å². The Morgan fingerprint density at radius 3 is 2.43 bits per heavy atom. The summed E-state index contributed by atoms with van der Waals surface area (Å²) in [6.45, 7) is 1.15. The topological polar surface area (TPSA) is 94.6 Å². The molecule has 1 unspecified atom stereocenters. The highest BCUT2D eigenvalue weighted by molar-refractivity contribution is 9.10. The van der Waals surface area contributed by atoms with Crippen LogP contribution < -0.4 is 4.31 Å². The van der Waals surface area contributed by atoms with E-state index >= 15 is 0 Å². The highest BCUT2D eigenvalue weighted by Gasteiger charge is 2.20. The first kappa shape index (κ1) is 23.0. The fourth-order valence-corrected chi connectivity index (χ4v) is 4.54. The van der Waals surface area contributed by atoms with Gasteiger partial charge in [0.15, 0.2) is 15.6 Å². The van der Waals surface area contributed by atoms with Gasteiger partial charge in [-0.15, -0.1) is 0 Å². The molecule has 2 rings (SSSR count). The van der Waals surface area contributed by atoms with E-state index in [0.717, 1.165) is 16.4 Å². The zero-order valence-corrected chi connectivity index (χ0v) is 18.5.